The van der Waals surface area contributed by atoms with Crippen molar-refractivity contribution in [1.82, 2.24) is 25.2 Å². The average Bonchev–Trinajstić information content (AvgIpc) is 3.12. The zero-order valence-corrected chi connectivity index (χ0v) is 17.5. The van der Waals surface area contributed by atoms with Crippen LogP contribution in [0.3, 0.4) is 0 Å². The molecule has 0 unspecified atom stereocenters. The molecule has 0 fully saturated rings. The molecule has 25 heavy (non-hydrogen) atoms. The molecule has 0 aliphatic rings. The van der Waals surface area contributed by atoms with Crippen molar-refractivity contribution in [1.29, 1.82) is 0 Å². The summed E-state index contributed by atoms with van der Waals surface area (Å²) in [6.07, 6.45) is 7.12. The number of halogens is 1. The molecule has 0 saturated carbocycles. The molecule has 0 spiro atoms. The fourth-order valence-corrected chi connectivity index (χ4v) is 1.98. The highest BCUT2D eigenvalue weighted by atomic mass is 127. The van der Waals surface area contributed by atoms with Crippen LogP contribution in [0.4, 0.5) is 0 Å². The minimum atomic E-state index is -0.249. The second-order valence-electron chi connectivity index (χ2n) is 6.00. The Kier molecular flexibility index (Phi) is 8.84. The zero-order chi connectivity index (χ0) is 17.4. The van der Waals surface area contributed by atoms with Crippen molar-refractivity contribution in [3.63, 3.8) is 0 Å². The molecule has 2 aromatic heterocycles. The number of methoxy groups -OCH3 is 1. The average molecular weight is 458 g/mol. The number of ether oxygens (including phenoxy) is 1. The van der Waals surface area contributed by atoms with Crippen LogP contribution in [0.5, 0.6) is 0 Å². The SMILES string of the molecule is CCNC(=NCc1ccnc(-n2ccnc2)c1)NCC(C)(C)OC.I. The number of nitrogens with one attached hydrogen (secondary N) is 2. The van der Waals surface area contributed by atoms with E-state index in [4.69, 9.17) is 4.74 Å². The van der Waals surface area contributed by atoms with Gasteiger partial charge in [0.1, 0.15) is 12.1 Å². The van der Waals surface area contributed by atoms with Crippen LogP contribution in [0.2, 0.25) is 0 Å². The van der Waals surface area contributed by atoms with Gasteiger partial charge < -0.3 is 15.4 Å². The summed E-state index contributed by atoms with van der Waals surface area (Å²) in [7, 11) is 1.71. The highest BCUT2D eigenvalue weighted by Gasteiger charge is 2.16. The summed E-state index contributed by atoms with van der Waals surface area (Å²) in [6.45, 7) is 8.14. The fraction of sp³-hybridized carbons (Fsp3) is 0.471. The van der Waals surface area contributed by atoms with Crippen molar-refractivity contribution in [2.45, 2.75) is 32.9 Å². The number of aromatic nitrogens is 3. The number of aliphatic imine (C=N–C) groups is 1. The van der Waals surface area contributed by atoms with E-state index in [1.54, 1.807) is 25.8 Å². The number of hydrogen-bond donors (Lipinski definition) is 2. The van der Waals surface area contributed by atoms with Gasteiger partial charge in [0.2, 0.25) is 0 Å². The Hall–Kier alpha value is -1.68. The van der Waals surface area contributed by atoms with E-state index < -0.39 is 0 Å². The maximum Gasteiger partial charge on any atom is 0.191 e. The summed E-state index contributed by atoms with van der Waals surface area (Å²) in [6, 6.07) is 3.97. The van der Waals surface area contributed by atoms with E-state index in [2.05, 4.69) is 25.6 Å². The molecule has 2 N–H and O–H groups in total. The van der Waals surface area contributed by atoms with Crippen LogP contribution in [-0.4, -0.2) is 46.3 Å². The molecule has 0 amide bonds. The zero-order valence-electron chi connectivity index (χ0n) is 15.2. The molecular weight excluding hydrogens is 431 g/mol. The van der Waals surface area contributed by atoms with Crippen LogP contribution >= 0.6 is 24.0 Å². The minimum Gasteiger partial charge on any atom is -0.377 e. The molecule has 138 valence electrons. The number of rotatable bonds is 7. The van der Waals surface area contributed by atoms with Gasteiger partial charge in [0.15, 0.2) is 5.96 Å². The predicted octanol–water partition coefficient (Wildman–Crippen LogP) is 2.37. The maximum absolute atomic E-state index is 5.42. The van der Waals surface area contributed by atoms with Gasteiger partial charge in [-0.1, -0.05) is 0 Å². The molecule has 0 aromatic carbocycles. The third kappa shape index (κ3) is 6.99. The van der Waals surface area contributed by atoms with Crippen LogP contribution in [-0.2, 0) is 11.3 Å². The van der Waals surface area contributed by atoms with Gasteiger partial charge in [0.05, 0.1) is 12.1 Å². The van der Waals surface area contributed by atoms with Crippen LogP contribution in [0.25, 0.3) is 5.82 Å². The van der Waals surface area contributed by atoms with Gasteiger partial charge >= 0.3 is 0 Å². The quantitative estimate of drug-likeness (QED) is 0.379. The Bertz CT molecular complexity index is 657. The third-order valence-corrected chi connectivity index (χ3v) is 3.58. The molecule has 0 atom stereocenters. The van der Waals surface area contributed by atoms with Crippen molar-refractivity contribution in [2.75, 3.05) is 20.2 Å². The summed E-state index contributed by atoms with van der Waals surface area (Å²) in [4.78, 5) is 13.0. The molecule has 0 aliphatic carbocycles. The minimum absolute atomic E-state index is 0. The van der Waals surface area contributed by atoms with E-state index in [0.29, 0.717) is 13.1 Å². The smallest absolute Gasteiger partial charge is 0.191 e. The van der Waals surface area contributed by atoms with Crippen LogP contribution in [0.15, 0.2) is 42.0 Å². The van der Waals surface area contributed by atoms with E-state index >= 15 is 0 Å². The Labute approximate surface area is 166 Å². The van der Waals surface area contributed by atoms with Crippen LogP contribution < -0.4 is 10.6 Å². The van der Waals surface area contributed by atoms with E-state index in [1.807, 2.05) is 43.7 Å². The lowest BCUT2D eigenvalue weighted by molar-refractivity contribution is 0.0268. The van der Waals surface area contributed by atoms with Crippen LogP contribution in [0, 0.1) is 0 Å². The first-order chi connectivity index (χ1) is 11.5. The highest BCUT2D eigenvalue weighted by molar-refractivity contribution is 14.0. The molecule has 0 saturated heterocycles. The van der Waals surface area contributed by atoms with Crippen LogP contribution in [0.1, 0.15) is 26.3 Å². The van der Waals surface area contributed by atoms with Crippen molar-refractivity contribution in [3.05, 3.63) is 42.6 Å². The van der Waals surface area contributed by atoms with E-state index in [9.17, 15) is 0 Å². The fourth-order valence-electron chi connectivity index (χ4n) is 1.98. The van der Waals surface area contributed by atoms with Crippen molar-refractivity contribution < 1.29 is 4.74 Å². The summed E-state index contributed by atoms with van der Waals surface area (Å²) in [5.74, 6) is 1.60. The van der Waals surface area contributed by atoms with Gasteiger partial charge in [-0.25, -0.2) is 15.0 Å². The molecule has 2 rings (SSSR count). The number of nitrogens with zero attached hydrogens (tertiary/aromatic N) is 4. The lowest BCUT2D eigenvalue weighted by Gasteiger charge is -2.24. The first-order valence-corrected chi connectivity index (χ1v) is 8.04. The Morgan fingerprint density at radius 2 is 2.12 bits per heavy atom. The van der Waals surface area contributed by atoms with Gasteiger partial charge in [0.25, 0.3) is 0 Å². The Morgan fingerprint density at radius 1 is 1.32 bits per heavy atom. The second kappa shape index (κ2) is 10.3. The van der Waals surface area contributed by atoms with Gasteiger partial charge in [0, 0.05) is 38.8 Å². The maximum atomic E-state index is 5.42. The normalized spacial score (nSPS) is 11.8. The highest BCUT2D eigenvalue weighted by Crippen LogP contribution is 2.08. The standard InChI is InChI=1S/C17H26N6O.HI/c1-5-19-16(22-12-17(2,3)24-4)21-11-14-6-7-20-15(10-14)23-9-8-18-13-23;/h6-10,13H,5,11-12H2,1-4H3,(H2,19,21,22);1H. The number of hydrogen-bond acceptors (Lipinski definition) is 4. The monoisotopic (exact) mass is 458 g/mol. The van der Waals surface area contributed by atoms with Crippen molar-refractivity contribution in [2.24, 2.45) is 4.99 Å². The summed E-state index contributed by atoms with van der Waals surface area (Å²) >= 11 is 0. The van der Waals surface area contributed by atoms with Gasteiger partial charge in [-0.05, 0) is 38.5 Å². The Morgan fingerprint density at radius 3 is 2.76 bits per heavy atom. The molecule has 2 heterocycles. The molecule has 0 bridgehead atoms. The predicted molar refractivity (Wildman–Crippen MR) is 111 cm³/mol. The lowest BCUT2D eigenvalue weighted by Crippen LogP contribution is -2.45. The topological polar surface area (TPSA) is 76.4 Å². The largest absolute Gasteiger partial charge is 0.377 e. The molecule has 0 radical (unpaired) electrons. The summed E-state index contributed by atoms with van der Waals surface area (Å²) in [5, 5.41) is 6.55. The molecule has 7 nitrogen and oxygen atoms in total. The summed E-state index contributed by atoms with van der Waals surface area (Å²) in [5.41, 5.74) is 0.832. The third-order valence-electron chi connectivity index (χ3n) is 3.58. The van der Waals surface area contributed by atoms with Gasteiger partial charge in [-0.15, -0.1) is 24.0 Å². The molecular formula is C17H27IN6O. The van der Waals surface area contributed by atoms with Gasteiger partial charge in [-0.3, -0.25) is 4.57 Å². The van der Waals surface area contributed by atoms with Crippen molar-refractivity contribution in [3.8, 4) is 5.82 Å². The number of pyridine rings is 1. The van der Waals surface area contributed by atoms with E-state index in [-0.39, 0.29) is 29.6 Å². The molecule has 8 heteroatoms. The second-order valence-corrected chi connectivity index (χ2v) is 6.00. The van der Waals surface area contributed by atoms with Crippen molar-refractivity contribution >= 4 is 29.9 Å². The van der Waals surface area contributed by atoms with Gasteiger partial charge in [-0.2, -0.15) is 0 Å². The Balaban J connectivity index is 0.00000312. The first-order valence-electron chi connectivity index (χ1n) is 8.04. The molecule has 0 aliphatic heterocycles. The summed E-state index contributed by atoms with van der Waals surface area (Å²) < 4.78 is 7.30. The lowest BCUT2D eigenvalue weighted by atomic mass is 10.1. The molecule has 2 aromatic rings. The number of imidazole rings is 1. The van der Waals surface area contributed by atoms with E-state index in [0.717, 1.165) is 23.9 Å². The first kappa shape index (κ1) is 21.4. The van der Waals surface area contributed by atoms with E-state index in [1.165, 1.54) is 0 Å². The number of guanidine groups is 1.